The SMILES string of the molecule is CC(=O)C(O)OCC(N)C(=O)O. The smallest absolute Gasteiger partial charge is 0.322 e. The number of carbonyl (C=O) groups is 2. The normalized spacial score (nSPS) is 15.2. The zero-order chi connectivity index (χ0) is 9.72. The molecule has 6 heteroatoms. The van der Waals surface area contributed by atoms with Crippen LogP contribution in [0.4, 0.5) is 0 Å². The largest absolute Gasteiger partial charge is 0.480 e. The summed E-state index contributed by atoms with van der Waals surface area (Å²) in [6, 6.07) is -1.22. The van der Waals surface area contributed by atoms with E-state index >= 15 is 0 Å². The van der Waals surface area contributed by atoms with E-state index in [-0.39, 0.29) is 0 Å². The number of ketones is 1. The number of aliphatic hydroxyl groups is 1. The van der Waals surface area contributed by atoms with Crippen LogP contribution in [0.2, 0.25) is 0 Å². The van der Waals surface area contributed by atoms with Crippen molar-refractivity contribution in [2.24, 2.45) is 5.73 Å². The van der Waals surface area contributed by atoms with Crippen LogP contribution in [0.3, 0.4) is 0 Å². The van der Waals surface area contributed by atoms with Gasteiger partial charge in [0.05, 0.1) is 6.61 Å². The fourth-order valence-corrected chi connectivity index (χ4v) is 0.383. The van der Waals surface area contributed by atoms with E-state index in [1.165, 1.54) is 0 Å². The first-order chi connectivity index (χ1) is 5.45. The molecule has 4 N–H and O–H groups in total. The maximum atomic E-state index is 10.4. The molecule has 0 spiro atoms. The average Bonchev–Trinajstić information content (AvgIpc) is 1.98. The molecule has 70 valence electrons. The summed E-state index contributed by atoms with van der Waals surface area (Å²) in [5, 5.41) is 17.0. The van der Waals surface area contributed by atoms with Crippen molar-refractivity contribution in [2.75, 3.05) is 6.61 Å². The Kier molecular flexibility index (Phi) is 4.42. The molecule has 6 nitrogen and oxygen atoms in total. The Morgan fingerprint density at radius 2 is 2.08 bits per heavy atom. The molecule has 0 aliphatic heterocycles. The molecule has 2 atom stereocenters. The number of Topliss-reactive ketones (excluding diaryl/α,β-unsaturated/α-hetero) is 1. The van der Waals surface area contributed by atoms with Gasteiger partial charge < -0.3 is 20.7 Å². The van der Waals surface area contributed by atoms with Crippen LogP contribution in [0.15, 0.2) is 0 Å². The minimum Gasteiger partial charge on any atom is -0.480 e. The number of carboxylic acids is 1. The van der Waals surface area contributed by atoms with Crippen molar-refractivity contribution in [2.45, 2.75) is 19.3 Å². The van der Waals surface area contributed by atoms with Crippen LogP contribution in [0.1, 0.15) is 6.92 Å². The van der Waals surface area contributed by atoms with Crippen LogP contribution >= 0.6 is 0 Å². The topological polar surface area (TPSA) is 110 Å². The molecule has 0 heterocycles. The van der Waals surface area contributed by atoms with Gasteiger partial charge in [-0.3, -0.25) is 9.59 Å². The summed E-state index contributed by atoms with van der Waals surface area (Å²) in [6.45, 7) is 0.729. The van der Waals surface area contributed by atoms with Gasteiger partial charge in [-0.2, -0.15) is 0 Å². The van der Waals surface area contributed by atoms with Crippen molar-refractivity contribution >= 4 is 11.8 Å². The molecule has 12 heavy (non-hydrogen) atoms. The van der Waals surface area contributed by atoms with Crippen molar-refractivity contribution in [3.8, 4) is 0 Å². The number of aliphatic hydroxyl groups excluding tert-OH is 1. The second kappa shape index (κ2) is 4.81. The summed E-state index contributed by atoms with van der Waals surface area (Å²) < 4.78 is 4.43. The maximum absolute atomic E-state index is 10.4. The molecular formula is C6H11NO5. The van der Waals surface area contributed by atoms with Crippen LogP contribution in [-0.2, 0) is 14.3 Å². The van der Waals surface area contributed by atoms with Gasteiger partial charge in [0.2, 0.25) is 6.29 Å². The molecule has 0 aromatic rings. The Labute approximate surface area is 68.9 Å². The lowest BCUT2D eigenvalue weighted by atomic mass is 10.3. The molecule has 0 radical (unpaired) electrons. The molecular weight excluding hydrogens is 166 g/mol. The van der Waals surface area contributed by atoms with E-state index < -0.39 is 30.7 Å². The Morgan fingerprint density at radius 1 is 1.58 bits per heavy atom. The van der Waals surface area contributed by atoms with Gasteiger partial charge in [-0.25, -0.2) is 0 Å². The van der Waals surface area contributed by atoms with Gasteiger partial charge in [0.1, 0.15) is 6.04 Å². The van der Waals surface area contributed by atoms with E-state index in [1.54, 1.807) is 0 Å². The third-order valence-electron chi connectivity index (χ3n) is 1.10. The minimum atomic E-state index is -1.59. The molecule has 0 aromatic carbocycles. The van der Waals surface area contributed by atoms with Gasteiger partial charge in [-0.15, -0.1) is 0 Å². The number of ether oxygens (including phenoxy) is 1. The highest BCUT2D eigenvalue weighted by molar-refractivity contribution is 5.78. The highest BCUT2D eigenvalue weighted by Gasteiger charge is 2.16. The second-order valence-electron chi connectivity index (χ2n) is 2.24. The van der Waals surface area contributed by atoms with Crippen molar-refractivity contribution in [3.63, 3.8) is 0 Å². The zero-order valence-corrected chi connectivity index (χ0v) is 6.56. The van der Waals surface area contributed by atoms with Crippen LogP contribution in [0, 0.1) is 0 Å². The predicted molar refractivity (Wildman–Crippen MR) is 38.3 cm³/mol. The van der Waals surface area contributed by atoms with Crippen molar-refractivity contribution in [3.05, 3.63) is 0 Å². The first-order valence-electron chi connectivity index (χ1n) is 3.23. The van der Waals surface area contributed by atoms with Crippen LogP contribution in [0.25, 0.3) is 0 Å². The Balaban J connectivity index is 3.68. The molecule has 0 saturated heterocycles. The molecule has 0 aliphatic rings. The summed E-state index contributed by atoms with van der Waals surface area (Å²) in [7, 11) is 0. The summed E-state index contributed by atoms with van der Waals surface area (Å²) in [6.07, 6.45) is -1.59. The van der Waals surface area contributed by atoms with Gasteiger partial charge >= 0.3 is 5.97 Å². The molecule has 0 bridgehead atoms. The Morgan fingerprint density at radius 3 is 2.42 bits per heavy atom. The lowest BCUT2D eigenvalue weighted by Crippen LogP contribution is -2.37. The Bertz CT molecular complexity index is 161. The number of carboxylic acid groups (broad SMARTS) is 1. The number of hydrogen-bond acceptors (Lipinski definition) is 5. The summed E-state index contributed by atoms with van der Waals surface area (Å²) in [5.41, 5.74) is 5.02. The van der Waals surface area contributed by atoms with Crippen LogP contribution in [0.5, 0.6) is 0 Å². The van der Waals surface area contributed by atoms with E-state index in [2.05, 4.69) is 4.74 Å². The molecule has 0 saturated carbocycles. The van der Waals surface area contributed by atoms with Crippen LogP contribution < -0.4 is 5.73 Å². The maximum Gasteiger partial charge on any atom is 0.322 e. The molecule has 0 fully saturated rings. The van der Waals surface area contributed by atoms with Crippen molar-refractivity contribution in [1.82, 2.24) is 0 Å². The van der Waals surface area contributed by atoms with Crippen molar-refractivity contribution < 1.29 is 24.5 Å². The molecule has 0 aromatic heterocycles. The Hall–Kier alpha value is -0.980. The fourth-order valence-electron chi connectivity index (χ4n) is 0.383. The lowest BCUT2D eigenvalue weighted by Gasteiger charge is -2.10. The van der Waals surface area contributed by atoms with Gasteiger partial charge in [0.25, 0.3) is 0 Å². The summed E-state index contributed by atoms with van der Waals surface area (Å²) in [5.74, 6) is -1.83. The standard InChI is InChI=1S/C6H11NO5/c1-3(8)6(11)12-2-4(7)5(9)10/h4,6,11H,2,7H2,1H3,(H,9,10). The molecule has 0 aliphatic carbocycles. The fraction of sp³-hybridized carbons (Fsp3) is 0.667. The highest BCUT2D eigenvalue weighted by atomic mass is 16.6. The van der Waals surface area contributed by atoms with E-state index in [1.807, 2.05) is 0 Å². The minimum absolute atomic E-state index is 0.393. The van der Waals surface area contributed by atoms with Crippen molar-refractivity contribution in [1.29, 1.82) is 0 Å². The number of nitrogens with two attached hydrogens (primary N) is 1. The average molecular weight is 177 g/mol. The predicted octanol–water partition coefficient (Wildman–Crippen LogP) is -1.68. The lowest BCUT2D eigenvalue weighted by molar-refractivity contribution is -0.158. The summed E-state index contributed by atoms with van der Waals surface area (Å²) in [4.78, 5) is 20.5. The monoisotopic (exact) mass is 177 g/mol. The van der Waals surface area contributed by atoms with Gasteiger partial charge in [-0.1, -0.05) is 0 Å². The third-order valence-corrected chi connectivity index (χ3v) is 1.10. The quantitative estimate of drug-likeness (QED) is 0.433. The number of hydrogen-bond donors (Lipinski definition) is 3. The number of aliphatic carboxylic acids is 1. The van der Waals surface area contributed by atoms with Gasteiger partial charge in [0, 0.05) is 0 Å². The molecule has 2 unspecified atom stereocenters. The zero-order valence-electron chi connectivity index (χ0n) is 6.56. The van der Waals surface area contributed by atoms with Gasteiger partial charge in [0.15, 0.2) is 5.78 Å². The number of carbonyl (C=O) groups excluding carboxylic acids is 1. The van der Waals surface area contributed by atoms with E-state index in [9.17, 15) is 9.59 Å². The summed E-state index contributed by atoms with van der Waals surface area (Å²) >= 11 is 0. The van der Waals surface area contributed by atoms with E-state index in [4.69, 9.17) is 15.9 Å². The first-order valence-corrected chi connectivity index (χ1v) is 3.23. The van der Waals surface area contributed by atoms with Crippen LogP contribution in [-0.4, -0.2) is 40.9 Å². The van der Waals surface area contributed by atoms with E-state index in [0.717, 1.165) is 6.92 Å². The highest BCUT2D eigenvalue weighted by Crippen LogP contribution is 1.90. The van der Waals surface area contributed by atoms with E-state index in [0.29, 0.717) is 0 Å². The van der Waals surface area contributed by atoms with Gasteiger partial charge in [-0.05, 0) is 6.92 Å². The molecule has 0 rings (SSSR count). The molecule has 0 amide bonds. The third kappa shape index (κ3) is 4.02. The number of rotatable bonds is 5. The second-order valence-corrected chi connectivity index (χ2v) is 2.24. The first kappa shape index (κ1) is 11.0.